The molecule has 1 aromatic rings. The maximum absolute atomic E-state index is 10.8. The van der Waals surface area contributed by atoms with Crippen LogP contribution in [0.2, 0.25) is 0 Å². The predicted molar refractivity (Wildman–Crippen MR) is 54.5 cm³/mol. The number of carbonyl (C=O) groups is 1. The third-order valence-corrected chi connectivity index (χ3v) is 3.66. The highest BCUT2D eigenvalue weighted by atomic mass is 79.9. The van der Waals surface area contributed by atoms with Gasteiger partial charge in [-0.15, -0.1) is 11.3 Å². The van der Waals surface area contributed by atoms with Crippen LogP contribution in [0.25, 0.3) is 0 Å². The molecule has 66 valence electrons. The Kier molecular flexibility index (Phi) is 3.29. The number of halogens is 1. The molecule has 1 amide bonds. The van der Waals surface area contributed by atoms with Gasteiger partial charge in [0.2, 0.25) is 0 Å². The van der Waals surface area contributed by atoms with Crippen LogP contribution in [0.4, 0.5) is 0 Å². The lowest BCUT2D eigenvalue weighted by Gasteiger charge is -1.91. The van der Waals surface area contributed by atoms with Crippen LogP contribution in [0, 0.1) is 0 Å². The van der Waals surface area contributed by atoms with Crippen molar-refractivity contribution in [2.45, 2.75) is 19.8 Å². The second-order valence-electron chi connectivity index (χ2n) is 2.50. The lowest BCUT2D eigenvalue weighted by Crippen LogP contribution is -2.08. The molecular weight excluding hydrogens is 238 g/mol. The Morgan fingerprint density at radius 3 is 2.83 bits per heavy atom. The fraction of sp³-hybridized carbons (Fsp3) is 0.375. The molecule has 1 heterocycles. The molecular formula is C8H10BrNOS. The molecule has 0 spiro atoms. The fourth-order valence-corrected chi connectivity index (χ4v) is 2.75. The first-order valence-electron chi connectivity index (χ1n) is 3.73. The largest absolute Gasteiger partial charge is 0.365 e. The summed E-state index contributed by atoms with van der Waals surface area (Å²) < 4.78 is 1.00. The van der Waals surface area contributed by atoms with Gasteiger partial charge in [0.15, 0.2) is 0 Å². The lowest BCUT2D eigenvalue weighted by molar-refractivity contribution is 0.100. The summed E-state index contributed by atoms with van der Waals surface area (Å²) >= 11 is 4.86. The molecule has 4 heteroatoms. The van der Waals surface area contributed by atoms with Gasteiger partial charge >= 0.3 is 0 Å². The molecule has 0 saturated carbocycles. The fourth-order valence-electron chi connectivity index (χ4n) is 0.925. The molecule has 12 heavy (non-hydrogen) atoms. The Bertz CT molecular complexity index is 295. The third kappa shape index (κ3) is 2.08. The topological polar surface area (TPSA) is 43.1 Å². The zero-order valence-electron chi connectivity index (χ0n) is 6.76. The van der Waals surface area contributed by atoms with E-state index in [2.05, 4.69) is 22.9 Å². The van der Waals surface area contributed by atoms with Gasteiger partial charge in [-0.1, -0.05) is 13.3 Å². The van der Waals surface area contributed by atoms with Crippen LogP contribution in [0.1, 0.15) is 27.9 Å². The number of hydrogen-bond acceptors (Lipinski definition) is 2. The maximum atomic E-state index is 10.8. The summed E-state index contributed by atoms with van der Waals surface area (Å²) in [5.74, 6) is -0.344. The third-order valence-electron chi connectivity index (χ3n) is 1.48. The summed E-state index contributed by atoms with van der Waals surface area (Å²) in [5.41, 5.74) is 5.14. The first-order valence-corrected chi connectivity index (χ1v) is 5.34. The van der Waals surface area contributed by atoms with Crippen molar-refractivity contribution in [3.05, 3.63) is 20.3 Å². The van der Waals surface area contributed by atoms with E-state index in [1.807, 2.05) is 0 Å². The number of rotatable bonds is 3. The summed E-state index contributed by atoms with van der Waals surface area (Å²) in [7, 11) is 0. The Morgan fingerprint density at radius 2 is 2.42 bits per heavy atom. The van der Waals surface area contributed by atoms with Crippen molar-refractivity contribution in [3.63, 3.8) is 0 Å². The zero-order chi connectivity index (χ0) is 9.14. The Morgan fingerprint density at radius 1 is 1.75 bits per heavy atom. The van der Waals surface area contributed by atoms with Crippen molar-refractivity contribution in [2.75, 3.05) is 0 Å². The van der Waals surface area contributed by atoms with E-state index < -0.39 is 0 Å². The number of carbonyl (C=O) groups excluding carboxylic acids is 1. The number of primary amides is 1. The van der Waals surface area contributed by atoms with Gasteiger partial charge in [-0.3, -0.25) is 4.79 Å². The normalized spacial score (nSPS) is 10.2. The van der Waals surface area contributed by atoms with Crippen LogP contribution in [0.15, 0.2) is 10.5 Å². The summed E-state index contributed by atoms with van der Waals surface area (Å²) in [6, 6.07) is 1.79. The number of nitrogens with two attached hydrogens (primary N) is 1. The molecule has 2 nitrogen and oxygen atoms in total. The molecule has 0 fully saturated rings. The smallest absolute Gasteiger partial charge is 0.258 e. The monoisotopic (exact) mass is 247 g/mol. The molecule has 0 unspecified atom stereocenters. The molecule has 1 rings (SSSR count). The SMILES string of the molecule is CCCc1sc(C(N)=O)cc1Br. The highest BCUT2D eigenvalue weighted by molar-refractivity contribution is 9.10. The van der Waals surface area contributed by atoms with Crippen molar-refractivity contribution in [2.24, 2.45) is 5.73 Å². The minimum Gasteiger partial charge on any atom is -0.365 e. The highest BCUT2D eigenvalue weighted by Gasteiger charge is 2.09. The van der Waals surface area contributed by atoms with E-state index in [-0.39, 0.29) is 5.91 Å². The highest BCUT2D eigenvalue weighted by Crippen LogP contribution is 2.28. The summed E-state index contributed by atoms with van der Waals surface area (Å²) in [5, 5.41) is 0. The van der Waals surface area contributed by atoms with Crippen molar-refractivity contribution in [1.29, 1.82) is 0 Å². The summed E-state index contributed by atoms with van der Waals surface area (Å²) in [6.07, 6.45) is 2.08. The van der Waals surface area contributed by atoms with E-state index in [0.29, 0.717) is 4.88 Å². The molecule has 1 aromatic heterocycles. The Labute approximate surface area is 83.9 Å². The molecule has 0 aliphatic carbocycles. The Hall–Kier alpha value is -0.350. The van der Waals surface area contributed by atoms with Gasteiger partial charge in [-0.05, 0) is 28.4 Å². The van der Waals surface area contributed by atoms with E-state index >= 15 is 0 Å². The standard InChI is InChI=1S/C8H10BrNOS/c1-2-3-6-5(9)4-7(12-6)8(10)11/h4H,2-3H2,1H3,(H2,10,11). The van der Waals surface area contributed by atoms with Crippen LogP contribution in [0.5, 0.6) is 0 Å². The van der Waals surface area contributed by atoms with E-state index in [0.717, 1.165) is 17.3 Å². The average molecular weight is 248 g/mol. The average Bonchev–Trinajstić information content (AvgIpc) is 2.34. The quantitative estimate of drug-likeness (QED) is 0.877. The van der Waals surface area contributed by atoms with E-state index in [1.54, 1.807) is 6.07 Å². The Balaban J connectivity index is 2.92. The number of thiophene rings is 1. The first-order chi connectivity index (χ1) is 5.65. The number of hydrogen-bond donors (Lipinski definition) is 1. The van der Waals surface area contributed by atoms with E-state index in [4.69, 9.17) is 5.73 Å². The molecule has 0 atom stereocenters. The first kappa shape index (κ1) is 9.74. The van der Waals surface area contributed by atoms with Crippen LogP contribution in [-0.2, 0) is 6.42 Å². The van der Waals surface area contributed by atoms with E-state index in [1.165, 1.54) is 16.2 Å². The minimum atomic E-state index is -0.344. The molecule has 0 bridgehead atoms. The van der Waals surface area contributed by atoms with Gasteiger partial charge in [0.05, 0.1) is 4.88 Å². The van der Waals surface area contributed by atoms with Crippen LogP contribution in [-0.4, -0.2) is 5.91 Å². The molecule has 0 radical (unpaired) electrons. The van der Waals surface area contributed by atoms with Gasteiger partial charge in [0.1, 0.15) is 0 Å². The van der Waals surface area contributed by atoms with Crippen molar-refractivity contribution in [1.82, 2.24) is 0 Å². The zero-order valence-corrected chi connectivity index (χ0v) is 9.17. The van der Waals surface area contributed by atoms with Crippen LogP contribution < -0.4 is 5.73 Å². The second-order valence-corrected chi connectivity index (χ2v) is 4.49. The summed E-state index contributed by atoms with van der Waals surface area (Å²) in [6.45, 7) is 2.11. The maximum Gasteiger partial charge on any atom is 0.258 e. The van der Waals surface area contributed by atoms with E-state index in [9.17, 15) is 4.79 Å². The van der Waals surface area contributed by atoms with Crippen LogP contribution in [0.3, 0.4) is 0 Å². The molecule has 0 aliphatic heterocycles. The predicted octanol–water partition coefficient (Wildman–Crippen LogP) is 2.56. The van der Waals surface area contributed by atoms with Crippen molar-refractivity contribution < 1.29 is 4.79 Å². The number of amides is 1. The van der Waals surface area contributed by atoms with Gasteiger partial charge in [-0.25, -0.2) is 0 Å². The van der Waals surface area contributed by atoms with Crippen LogP contribution >= 0.6 is 27.3 Å². The molecule has 0 aliphatic rings. The van der Waals surface area contributed by atoms with Gasteiger partial charge in [-0.2, -0.15) is 0 Å². The summed E-state index contributed by atoms with van der Waals surface area (Å²) in [4.78, 5) is 12.6. The molecule has 0 saturated heterocycles. The molecule has 0 aromatic carbocycles. The van der Waals surface area contributed by atoms with Crippen molar-refractivity contribution >= 4 is 33.2 Å². The van der Waals surface area contributed by atoms with Gasteiger partial charge in [0, 0.05) is 9.35 Å². The lowest BCUT2D eigenvalue weighted by atomic mass is 10.3. The minimum absolute atomic E-state index is 0.344. The molecule has 2 N–H and O–H groups in total. The number of aryl methyl sites for hydroxylation is 1. The van der Waals surface area contributed by atoms with Gasteiger partial charge in [0.25, 0.3) is 5.91 Å². The second kappa shape index (κ2) is 4.05. The van der Waals surface area contributed by atoms with Crippen molar-refractivity contribution in [3.8, 4) is 0 Å². The van der Waals surface area contributed by atoms with Gasteiger partial charge < -0.3 is 5.73 Å².